The van der Waals surface area contributed by atoms with Gasteiger partial charge in [-0.25, -0.2) is 4.98 Å². The van der Waals surface area contributed by atoms with Crippen LogP contribution >= 0.6 is 0 Å². The predicted octanol–water partition coefficient (Wildman–Crippen LogP) is 4.13. The van der Waals surface area contributed by atoms with Gasteiger partial charge in [0.2, 0.25) is 0 Å². The van der Waals surface area contributed by atoms with Gasteiger partial charge >= 0.3 is 6.18 Å². The molecule has 2 fully saturated rings. The number of aryl methyl sites for hydroxylation is 1. The molecule has 4 heterocycles. The van der Waals surface area contributed by atoms with Crippen LogP contribution in [-0.4, -0.2) is 101 Å². The zero-order chi connectivity index (χ0) is 34.0. The number of amides is 1. The molecule has 2 atom stereocenters. The van der Waals surface area contributed by atoms with Crippen LogP contribution in [0.25, 0.3) is 22.3 Å². The minimum Gasteiger partial charge on any atom is -0.383 e. The van der Waals surface area contributed by atoms with Crippen molar-refractivity contribution in [2.45, 2.75) is 31.5 Å². The number of nitrogens with zero attached hydrogens (tertiary/aromatic N) is 6. The number of halogens is 3. The predicted molar refractivity (Wildman–Crippen MR) is 178 cm³/mol. The first kappa shape index (κ1) is 33.6. The van der Waals surface area contributed by atoms with Crippen LogP contribution < -0.4 is 11.1 Å². The summed E-state index contributed by atoms with van der Waals surface area (Å²) in [6, 6.07) is 13.4. The molecule has 2 aromatic carbocycles. The smallest absolute Gasteiger partial charge is 0.383 e. The Balaban J connectivity index is 1.09. The van der Waals surface area contributed by atoms with Crippen molar-refractivity contribution >= 4 is 11.7 Å². The molecule has 2 saturated heterocycles. The molecule has 6 rings (SSSR count). The third kappa shape index (κ3) is 7.87. The highest BCUT2D eigenvalue weighted by Gasteiger charge is 2.35. The number of ether oxygens (including phenoxy) is 1. The summed E-state index contributed by atoms with van der Waals surface area (Å²) in [6.45, 7) is 4.95. The summed E-state index contributed by atoms with van der Waals surface area (Å²) in [5.74, 6) is -0.201. The van der Waals surface area contributed by atoms with E-state index in [1.165, 1.54) is 6.07 Å². The molecule has 254 valence electrons. The SMILES string of the molecule is CN1CCN(Cc2ccc(-c3ccc(CO[C@H]4CN(C)C[C@@H]4NC(=O)c4cc(-c5cnn(C)c5)cnc4N)cc3)cc2C(F)(F)F)CC1. The second-order valence-electron chi connectivity index (χ2n) is 12.9. The van der Waals surface area contributed by atoms with Gasteiger partial charge in [0.1, 0.15) is 5.82 Å². The first-order chi connectivity index (χ1) is 22.9. The standard InChI is InChI=1S/C35H41F3N8O2/c1-43-10-12-46(13-11-43)19-26-9-8-25(15-30(26)35(36,37)38)24-6-4-23(5-7-24)22-48-32-21-44(2)20-31(32)42-34(47)29-14-27(16-40-33(29)39)28-17-41-45(3)18-28/h4-9,14-18,31-32H,10-13,19-22H2,1-3H3,(H2,39,40)(H,42,47)/t31-,32-/m0/s1. The fourth-order valence-corrected chi connectivity index (χ4v) is 6.30. The maximum absolute atomic E-state index is 14.1. The van der Waals surface area contributed by atoms with E-state index in [1.54, 1.807) is 35.3 Å². The number of benzene rings is 2. The van der Waals surface area contributed by atoms with E-state index >= 15 is 0 Å². The lowest BCUT2D eigenvalue weighted by Crippen LogP contribution is -2.44. The van der Waals surface area contributed by atoms with Crippen LogP contribution in [0.5, 0.6) is 0 Å². The third-order valence-corrected chi connectivity index (χ3v) is 9.12. The molecule has 1 amide bonds. The molecule has 0 radical (unpaired) electrons. The summed E-state index contributed by atoms with van der Waals surface area (Å²) in [5, 5.41) is 7.26. The summed E-state index contributed by atoms with van der Waals surface area (Å²) in [7, 11) is 5.80. The number of likely N-dealkylation sites (N-methyl/N-ethyl adjacent to an activating group) is 2. The van der Waals surface area contributed by atoms with E-state index in [4.69, 9.17) is 10.5 Å². The molecule has 0 unspecified atom stereocenters. The van der Waals surface area contributed by atoms with Crippen LogP contribution in [0.2, 0.25) is 0 Å². The molecule has 2 aliphatic rings. The maximum Gasteiger partial charge on any atom is 0.416 e. The molecule has 0 aliphatic carbocycles. The number of aromatic nitrogens is 3. The Kier molecular flexibility index (Phi) is 9.83. The van der Waals surface area contributed by atoms with Crippen molar-refractivity contribution in [2.24, 2.45) is 7.05 Å². The Labute approximate surface area is 278 Å². The molecule has 3 N–H and O–H groups in total. The highest BCUT2D eigenvalue weighted by molar-refractivity contribution is 5.99. The maximum atomic E-state index is 14.1. The molecule has 48 heavy (non-hydrogen) atoms. The average Bonchev–Trinajstić information content (AvgIpc) is 3.65. The normalized spacial score (nSPS) is 19.5. The van der Waals surface area contributed by atoms with Crippen LogP contribution in [0.1, 0.15) is 27.0 Å². The summed E-state index contributed by atoms with van der Waals surface area (Å²) < 4.78 is 50.3. The van der Waals surface area contributed by atoms with Gasteiger partial charge in [0.25, 0.3) is 5.91 Å². The quantitative estimate of drug-likeness (QED) is 0.276. The Morgan fingerprint density at radius 2 is 1.65 bits per heavy atom. The van der Waals surface area contributed by atoms with Gasteiger partial charge in [-0.1, -0.05) is 36.4 Å². The Hall–Kier alpha value is -4.30. The zero-order valence-corrected chi connectivity index (χ0v) is 27.4. The number of carbonyl (C=O) groups is 1. The van der Waals surface area contributed by atoms with Gasteiger partial charge < -0.3 is 25.6 Å². The van der Waals surface area contributed by atoms with Gasteiger partial charge in [0, 0.05) is 76.4 Å². The van der Waals surface area contributed by atoms with Crippen LogP contribution in [0.3, 0.4) is 0 Å². The number of nitrogen functional groups attached to an aromatic ring is 1. The molecule has 0 spiro atoms. The van der Waals surface area contributed by atoms with Gasteiger partial charge in [-0.05, 0) is 48.5 Å². The molecule has 2 aromatic heterocycles. The van der Waals surface area contributed by atoms with Gasteiger partial charge in [0.05, 0.1) is 36.1 Å². The van der Waals surface area contributed by atoms with Crippen molar-refractivity contribution in [1.29, 1.82) is 0 Å². The second kappa shape index (κ2) is 14.0. The van der Waals surface area contributed by atoms with Crippen molar-refractivity contribution in [3.8, 4) is 22.3 Å². The number of likely N-dealkylation sites (tertiary alicyclic amines) is 1. The van der Waals surface area contributed by atoms with E-state index < -0.39 is 11.7 Å². The lowest BCUT2D eigenvalue weighted by Gasteiger charge is -2.33. The first-order valence-corrected chi connectivity index (χ1v) is 16.0. The number of hydrogen-bond donors (Lipinski definition) is 2. The molecular weight excluding hydrogens is 621 g/mol. The Bertz CT molecular complexity index is 1730. The Morgan fingerprint density at radius 3 is 2.33 bits per heavy atom. The van der Waals surface area contributed by atoms with Crippen molar-refractivity contribution in [3.63, 3.8) is 0 Å². The average molecular weight is 663 g/mol. The first-order valence-electron chi connectivity index (χ1n) is 16.0. The molecule has 4 aromatic rings. The number of hydrogen-bond acceptors (Lipinski definition) is 8. The Morgan fingerprint density at radius 1 is 0.917 bits per heavy atom. The molecule has 0 saturated carbocycles. The van der Waals surface area contributed by atoms with Crippen molar-refractivity contribution in [3.05, 3.63) is 89.4 Å². The van der Waals surface area contributed by atoms with Gasteiger partial charge in [-0.2, -0.15) is 18.3 Å². The summed E-state index contributed by atoms with van der Waals surface area (Å²) in [4.78, 5) is 23.9. The number of nitrogens with two attached hydrogens (primary N) is 1. The topological polar surface area (TPSA) is 105 Å². The minimum atomic E-state index is -4.45. The number of alkyl halides is 3. The largest absolute Gasteiger partial charge is 0.416 e. The zero-order valence-electron chi connectivity index (χ0n) is 27.4. The van der Waals surface area contributed by atoms with Crippen LogP contribution in [-0.2, 0) is 31.1 Å². The molecule has 0 bridgehead atoms. The molecule has 2 aliphatic heterocycles. The number of anilines is 1. The van der Waals surface area contributed by atoms with Crippen molar-refractivity contribution in [2.75, 3.05) is 59.1 Å². The molecular formula is C35H41F3N8O2. The number of nitrogens with one attached hydrogen (secondary N) is 1. The highest BCUT2D eigenvalue weighted by Crippen LogP contribution is 2.36. The van der Waals surface area contributed by atoms with Crippen LogP contribution in [0.4, 0.5) is 19.0 Å². The van der Waals surface area contributed by atoms with Crippen molar-refractivity contribution < 1.29 is 22.7 Å². The van der Waals surface area contributed by atoms with Gasteiger partial charge in [0.15, 0.2) is 0 Å². The summed E-state index contributed by atoms with van der Waals surface area (Å²) in [5.41, 5.74) is 9.71. The van der Waals surface area contributed by atoms with E-state index in [-0.39, 0.29) is 42.6 Å². The number of pyridine rings is 1. The van der Waals surface area contributed by atoms with Gasteiger partial charge in [-0.3, -0.25) is 14.4 Å². The van der Waals surface area contributed by atoms with Crippen LogP contribution in [0, 0.1) is 0 Å². The lowest BCUT2D eigenvalue weighted by atomic mass is 9.97. The van der Waals surface area contributed by atoms with E-state index in [0.29, 0.717) is 29.8 Å². The lowest BCUT2D eigenvalue weighted by molar-refractivity contribution is -0.138. The minimum absolute atomic E-state index is 0.135. The fraction of sp³-hybridized carbons (Fsp3) is 0.400. The fourth-order valence-electron chi connectivity index (χ4n) is 6.30. The van der Waals surface area contributed by atoms with Crippen LogP contribution in [0.15, 0.2) is 67.1 Å². The third-order valence-electron chi connectivity index (χ3n) is 9.12. The van der Waals surface area contributed by atoms with E-state index in [9.17, 15) is 18.0 Å². The number of rotatable bonds is 9. The van der Waals surface area contributed by atoms with E-state index in [2.05, 4.69) is 30.1 Å². The summed E-state index contributed by atoms with van der Waals surface area (Å²) >= 11 is 0. The monoisotopic (exact) mass is 662 g/mol. The van der Waals surface area contributed by atoms with E-state index in [0.717, 1.165) is 42.9 Å². The molecule has 10 nitrogen and oxygen atoms in total. The van der Waals surface area contributed by atoms with Crippen molar-refractivity contribution in [1.82, 2.24) is 34.8 Å². The van der Waals surface area contributed by atoms with Gasteiger partial charge in [-0.15, -0.1) is 0 Å². The van der Waals surface area contributed by atoms with E-state index in [1.807, 2.05) is 51.6 Å². The number of carbonyl (C=O) groups excluding carboxylic acids is 1. The second-order valence-corrected chi connectivity index (χ2v) is 12.9. The summed E-state index contributed by atoms with van der Waals surface area (Å²) in [6.07, 6.45) is 0.419. The number of piperazine rings is 1. The molecule has 13 heteroatoms. The highest BCUT2D eigenvalue weighted by atomic mass is 19.4.